The molecule has 0 aliphatic carbocycles. The Morgan fingerprint density at radius 1 is 0.600 bits per heavy atom. The van der Waals surface area contributed by atoms with Gasteiger partial charge in [0.2, 0.25) is 11.8 Å². The zero-order valence-corrected chi connectivity index (χ0v) is 19.7. The number of nitrogens with one attached hydrogen (secondary N) is 2. The van der Waals surface area contributed by atoms with Gasteiger partial charge in [0.1, 0.15) is 6.17 Å². The summed E-state index contributed by atoms with van der Waals surface area (Å²) in [5, 5.41) is 6.11. The van der Waals surface area contributed by atoms with E-state index in [9.17, 15) is 9.59 Å². The number of nitrogens with two attached hydrogens (primary N) is 2. The van der Waals surface area contributed by atoms with Crippen LogP contribution in [0.1, 0.15) is 122 Å². The molecule has 0 aromatic rings. The monoisotopic (exact) mass is 426 g/mol. The fourth-order valence-corrected chi connectivity index (χ4v) is 3.59. The molecular weight excluding hydrogens is 376 g/mol. The lowest BCUT2D eigenvalue weighted by Crippen LogP contribution is -2.47. The maximum absolute atomic E-state index is 12.3. The van der Waals surface area contributed by atoms with Crippen LogP contribution in [0.15, 0.2) is 0 Å². The van der Waals surface area contributed by atoms with Crippen molar-refractivity contribution in [3.8, 4) is 0 Å². The quantitative estimate of drug-likeness (QED) is 0.151. The van der Waals surface area contributed by atoms with Crippen molar-refractivity contribution in [1.29, 1.82) is 0 Å². The van der Waals surface area contributed by atoms with Crippen molar-refractivity contribution >= 4 is 11.8 Å². The van der Waals surface area contributed by atoms with Crippen molar-refractivity contribution in [2.45, 2.75) is 129 Å². The van der Waals surface area contributed by atoms with Crippen LogP contribution in [-0.2, 0) is 9.59 Å². The molecule has 0 bridgehead atoms. The Bertz CT molecular complexity index is 375. The third kappa shape index (κ3) is 20.1. The van der Waals surface area contributed by atoms with Gasteiger partial charge < -0.3 is 22.1 Å². The fraction of sp³-hybridized carbons (Fsp3) is 0.917. The van der Waals surface area contributed by atoms with Gasteiger partial charge in [-0.25, -0.2) is 0 Å². The number of carbonyl (C=O) groups excluding carboxylic acids is 2. The molecule has 0 saturated heterocycles. The van der Waals surface area contributed by atoms with E-state index in [1.165, 1.54) is 19.3 Å². The Morgan fingerprint density at radius 3 is 1.47 bits per heavy atom. The molecule has 178 valence electrons. The van der Waals surface area contributed by atoms with E-state index in [0.717, 1.165) is 96.6 Å². The zero-order valence-electron chi connectivity index (χ0n) is 19.7. The van der Waals surface area contributed by atoms with E-state index in [-0.39, 0.29) is 18.0 Å². The molecule has 6 N–H and O–H groups in total. The molecule has 0 aliphatic heterocycles. The Labute approximate surface area is 185 Å². The first-order valence-electron chi connectivity index (χ1n) is 12.6. The topological polar surface area (TPSA) is 110 Å². The molecule has 0 spiro atoms. The number of rotatable bonds is 22. The van der Waals surface area contributed by atoms with E-state index in [4.69, 9.17) is 11.5 Å². The van der Waals surface area contributed by atoms with E-state index in [1.54, 1.807) is 0 Å². The molecule has 30 heavy (non-hydrogen) atoms. The molecule has 0 heterocycles. The molecule has 0 saturated carbocycles. The molecule has 0 fully saturated rings. The minimum atomic E-state index is -0.235. The first kappa shape index (κ1) is 28.9. The molecule has 0 aromatic heterocycles. The summed E-state index contributed by atoms with van der Waals surface area (Å²) < 4.78 is 0. The van der Waals surface area contributed by atoms with Gasteiger partial charge in [-0.05, 0) is 51.6 Å². The number of hydrogen-bond acceptors (Lipinski definition) is 4. The van der Waals surface area contributed by atoms with Gasteiger partial charge in [-0.15, -0.1) is 0 Å². The number of hydrogen-bond donors (Lipinski definition) is 4. The van der Waals surface area contributed by atoms with Gasteiger partial charge in [0.25, 0.3) is 0 Å². The Morgan fingerprint density at radius 2 is 1.00 bits per heavy atom. The highest BCUT2D eigenvalue weighted by atomic mass is 16.2. The third-order valence-corrected chi connectivity index (χ3v) is 5.48. The Hall–Kier alpha value is -1.14. The first-order chi connectivity index (χ1) is 14.6. The van der Waals surface area contributed by atoms with Gasteiger partial charge in [0.15, 0.2) is 0 Å². The summed E-state index contributed by atoms with van der Waals surface area (Å²) in [6.45, 7) is 3.69. The lowest BCUT2D eigenvalue weighted by atomic mass is 10.1. The van der Waals surface area contributed by atoms with Crippen LogP contribution in [0.4, 0.5) is 0 Å². The molecule has 6 heteroatoms. The van der Waals surface area contributed by atoms with Crippen LogP contribution in [0.3, 0.4) is 0 Å². The third-order valence-electron chi connectivity index (χ3n) is 5.48. The summed E-state index contributed by atoms with van der Waals surface area (Å²) in [4.78, 5) is 24.7. The minimum Gasteiger partial charge on any atom is -0.336 e. The SMILES string of the molecule is CCCCCCCC(NC(=O)CCCCCCCN)NC(=O)CCCCCCCN. The van der Waals surface area contributed by atoms with Crippen molar-refractivity contribution in [1.82, 2.24) is 10.6 Å². The second-order valence-corrected chi connectivity index (χ2v) is 8.50. The summed E-state index contributed by atoms with van der Waals surface area (Å²) in [7, 11) is 0. The van der Waals surface area contributed by atoms with Crippen LogP contribution in [0, 0.1) is 0 Å². The maximum Gasteiger partial charge on any atom is 0.221 e. The predicted molar refractivity (Wildman–Crippen MR) is 127 cm³/mol. The van der Waals surface area contributed by atoms with Gasteiger partial charge in [-0.1, -0.05) is 71.1 Å². The van der Waals surface area contributed by atoms with Crippen molar-refractivity contribution in [2.24, 2.45) is 11.5 Å². The maximum atomic E-state index is 12.3. The Kier molecular flexibility index (Phi) is 21.7. The smallest absolute Gasteiger partial charge is 0.221 e. The second-order valence-electron chi connectivity index (χ2n) is 8.50. The predicted octanol–water partition coefficient (Wildman–Crippen LogP) is 4.50. The zero-order chi connectivity index (χ0) is 22.3. The highest BCUT2D eigenvalue weighted by molar-refractivity contribution is 5.79. The molecule has 0 aliphatic rings. The summed E-state index contributed by atoms with van der Waals surface area (Å²) >= 11 is 0. The molecule has 0 unspecified atom stereocenters. The summed E-state index contributed by atoms with van der Waals surface area (Å²) in [6, 6.07) is 0. The van der Waals surface area contributed by atoms with Crippen molar-refractivity contribution < 1.29 is 9.59 Å². The summed E-state index contributed by atoms with van der Waals surface area (Å²) in [5.41, 5.74) is 11.0. The average Bonchev–Trinajstić information content (AvgIpc) is 2.72. The Balaban J connectivity index is 4.18. The standard InChI is InChI=1S/C24H50N4O2/c1-2-3-4-7-12-17-22(27-23(29)18-13-8-5-10-15-20-25)28-24(30)19-14-9-6-11-16-21-26/h22H,2-21,25-26H2,1H3,(H,27,29)(H,28,30). The van der Waals surface area contributed by atoms with Gasteiger partial charge in [-0.2, -0.15) is 0 Å². The second kappa shape index (κ2) is 22.5. The van der Waals surface area contributed by atoms with Gasteiger partial charge in [-0.3, -0.25) is 9.59 Å². The molecular formula is C24H50N4O2. The van der Waals surface area contributed by atoms with Crippen molar-refractivity contribution in [3.05, 3.63) is 0 Å². The minimum absolute atomic E-state index is 0.0504. The average molecular weight is 427 g/mol. The van der Waals surface area contributed by atoms with Gasteiger partial charge in [0, 0.05) is 12.8 Å². The van der Waals surface area contributed by atoms with E-state index in [0.29, 0.717) is 12.8 Å². The van der Waals surface area contributed by atoms with Gasteiger partial charge >= 0.3 is 0 Å². The first-order valence-corrected chi connectivity index (χ1v) is 12.6. The van der Waals surface area contributed by atoms with Gasteiger partial charge in [0.05, 0.1) is 0 Å². The van der Waals surface area contributed by atoms with Crippen LogP contribution in [0.25, 0.3) is 0 Å². The van der Waals surface area contributed by atoms with E-state index in [1.807, 2.05) is 0 Å². The summed E-state index contributed by atoms with van der Waals surface area (Å²) in [5.74, 6) is 0.101. The normalized spacial score (nSPS) is 11.1. The molecule has 6 nitrogen and oxygen atoms in total. The van der Waals surface area contributed by atoms with Crippen LogP contribution >= 0.6 is 0 Å². The number of carbonyl (C=O) groups is 2. The lowest BCUT2D eigenvalue weighted by Gasteiger charge is -2.20. The highest BCUT2D eigenvalue weighted by Crippen LogP contribution is 2.09. The fourth-order valence-electron chi connectivity index (χ4n) is 3.59. The van der Waals surface area contributed by atoms with Crippen molar-refractivity contribution in [2.75, 3.05) is 13.1 Å². The summed E-state index contributed by atoms with van der Waals surface area (Å²) in [6.07, 6.45) is 18.1. The van der Waals surface area contributed by atoms with E-state index >= 15 is 0 Å². The van der Waals surface area contributed by atoms with Crippen LogP contribution < -0.4 is 22.1 Å². The van der Waals surface area contributed by atoms with Crippen LogP contribution in [0.5, 0.6) is 0 Å². The largest absolute Gasteiger partial charge is 0.336 e. The van der Waals surface area contributed by atoms with Crippen LogP contribution in [-0.4, -0.2) is 31.1 Å². The molecule has 0 rings (SSSR count). The molecule has 2 amide bonds. The highest BCUT2D eigenvalue weighted by Gasteiger charge is 2.14. The van der Waals surface area contributed by atoms with E-state index < -0.39 is 0 Å². The van der Waals surface area contributed by atoms with E-state index in [2.05, 4.69) is 17.6 Å². The van der Waals surface area contributed by atoms with Crippen LogP contribution in [0.2, 0.25) is 0 Å². The van der Waals surface area contributed by atoms with Crippen molar-refractivity contribution in [3.63, 3.8) is 0 Å². The molecule has 0 atom stereocenters. The molecule has 0 aromatic carbocycles. The number of amides is 2. The number of unbranched alkanes of at least 4 members (excludes halogenated alkanes) is 12. The lowest BCUT2D eigenvalue weighted by molar-refractivity contribution is -0.124. The molecule has 0 radical (unpaired) electrons.